The molecule has 1 aliphatic heterocycles. The second-order valence-corrected chi connectivity index (χ2v) is 8.82. The van der Waals surface area contributed by atoms with Gasteiger partial charge >= 0.3 is 6.03 Å². The fraction of sp³-hybridized carbons (Fsp3) is 0.667. The molecule has 2 aliphatic rings. The summed E-state index contributed by atoms with van der Waals surface area (Å²) in [6.45, 7) is 7.16. The van der Waals surface area contributed by atoms with Gasteiger partial charge in [-0.1, -0.05) is 45.2 Å². The Morgan fingerprint density at radius 3 is 2.34 bits per heavy atom. The molecule has 0 aromatic heterocycles. The number of anilines is 1. The van der Waals surface area contributed by atoms with Gasteiger partial charge in [-0.05, 0) is 55.2 Å². The third-order valence-corrected chi connectivity index (χ3v) is 6.53. The van der Waals surface area contributed by atoms with Crippen LogP contribution in [0.3, 0.4) is 0 Å². The Hall–Kier alpha value is -2.04. The van der Waals surface area contributed by atoms with Crippen molar-refractivity contribution in [2.75, 3.05) is 31.5 Å². The van der Waals surface area contributed by atoms with E-state index in [1.165, 1.54) is 44.1 Å². The first-order valence-electron chi connectivity index (χ1n) is 11.5. The van der Waals surface area contributed by atoms with Gasteiger partial charge in [-0.2, -0.15) is 0 Å². The summed E-state index contributed by atoms with van der Waals surface area (Å²) in [5.41, 5.74) is 2.15. The van der Waals surface area contributed by atoms with Gasteiger partial charge in [-0.15, -0.1) is 0 Å². The number of hydrogen-bond acceptors (Lipinski definition) is 2. The van der Waals surface area contributed by atoms with Gasteiger partial charge in [-0.25, -0.2) is 4.79 Å². The number of amides is 3. The molecule has 2 fully saturated rings. The standard InChI is InChI=1S/C24H37N3O2/c1-3-7-19(2)21-10-12-22(13-11-21)25-24(29)27-15-6-14-26(16-17-27)23(28)18-20-8-4-5-9-20/h10-13,19-20H,3-9,14-18H2,1-2H3,(H,25,29). The lowest BCUT2D eigenvalue weighted by atomic mass is 9.96. The molecule has 1 atom stereocenters. The van der Waals surface area contributed by atoms with Gasteiger partial charge < -0.3 is 15.1 Å². The molecule has 1 aliphatic carbocycles. The van der Waals surface area contributed by atoms with Crippen LogP contribution >= 0.6 is 0 Å². The monoisotopic (exact) mass is 399 g/mol. The maximum absolute atomic E-state index is 12.7. The van der Waals surface area contributed by atoms with Crippen LogP contribution in [0.5, 0.6) is 0 Å². The van der Waals surface area contributed by atoms with Crippen LogP contribution in [0.4, 0.5) is 10.5 Å². The molecule has 3 rings (SSSR count). The second-order valence-electron chi connectivity index (χ2n) is 8.82. The molecule has 1 aromatic carbocycles. The minimum absolute atomic E-state index is 0.0653. The van der Waals surface area contributed by atoms with Crippen molar-refractivity contribution in [3.63, 3.8) is 0 Å². The first-order valence-corrected chi connectivity index (χ1v) is 11.5. The van der Waals surface area contributed by atoms with Crippen molar-refractivity contribution in [2.24, 2.45) is 5.92 Å². The smallest absolute Gasteiger partial charge is 0.321 e. The zero-order chi connectivity index (χ0) is 20.6. The van der Waals surface area contributed by atoms with Gasteiger partial charge in [0.2, 0.25) is 5.91 Å². The topological polar surface area (TPSA) is 52.7 Å². The van der Waals surface area contributed by atoms with Gasteiger partial charge in [0.1, 0.15) is 0 Å². The largest absolute Gasteiger partial charge is 0.341 e. The summed E-state index contributed by atoms with van der Waals surface area (Å²) >= 11 is 0. The molecule has 0 spiro atoms. The van der Waals surface area contributed by atoms with E-state index in [9.17, 15) is 9.59 Å². The first-order chi connectivity index (χ1) is 14.1. The van der Waals surface area contributed by atoms with Crippen LogP contribution in [0.2, 0.25) is 0 Å². The van der Waals surface area contributed by atoms with Crippen molar-refractivity contribution in [1.82, 2.24) is 9.80 Å². The summed E-state index contributed by atoms with van der Waals surface area (Å²) < 4.78 is 0. The third kappa shape index (κ3) is 6.22. The van der Waals surface area contributed by atoms with E-state index in [1.807, 2.05) is 21.9 Å². The van der Waals surface area contributed by atoms with Crippen LogP contribution in [0, 0.1) is 5.92 Å². The summed E-state index contributed by atoms with van der Waals surface area (Å²) in [6, 6.07) is 8.15. The highest BCUT2D eigenvalue weighted by Gasteiger charge is 2.25. The van der Waals surface area contributed by atoms with Crippen molar-refractivity contribution in [1.29, 1.82) is 0 Å². The lowest BCUT2D eigenvalue weighted by Crippen LogP contribution is -2.39. The number of carbonyl (C=O) groups excluding carboxylic acids is 2. The number of carbonyl (C=O) groups is 2. The summed E-state index contributed by atoms with van der Waals surface area (Å²) in [5.74, 6) is 1.40. The van der Waals surface area contributed by atoms with E-state index in [0.717, 1.165) is 18.7 Å². The predicted octanol–water partition coefficient (Wildman–Crippen LogP) is 5.24. The Bertz CT molecular complexity index is 667. The Morgan fingerprint density at radius 1 is 1.00 bits per heavy atom. The normalized spacial score (nSPS) is 19.1. The Balaban J connectivity index is 1.48. The Labute approximate surface area is 175 Å². The first kappa shape index (κ1) is 21.7. The van der Waals surface area contributed by atoms with Crippen LogP contribution < -0.4 is 5.32 Å². The predicted molar refractivity (Wildman–Crippen MR) is 118 cm³/mol. The van der Waals surface area contributed by atoms with Crippen molar-refractivity contribution in [2.45, 2.75) is 71.1 Å². The second kappa shape index (κ2) is 10.7. The summed E-state index contributed by atoms with van der Waals surface area (Å²) in [5, 5.41) is 3.02. The van der Waals surface area contributed by atoms with Crippen molar-refractivity contribution < 1.29 is 9.59 Å². The zero-order valence-electron chi connectivity index (χ0n) is 18.2. The van der Waals surface area contributed by atoms with Gasteiger partial charge in [-0.3, -0.25) is 4.79 Å². The summed E-state index contributed by atoms with van der Waals surface area (Å²) in [7, 11) is 0. The maximum atomic E-state index is 12.7. The van der Waals surface area contributed by atoms with E-state index in [-0.39, 0.29) is 11.9 Å². The average molecular weight is 400 g/mol. The van der Waals surface area contributed by atoms with Gasteiger partial charge in [0, 0.05) is 38.3 Å². The molecular weight excluding hydrogens is 362 g/mol. The molecule has 1 saturated heterocycles. The van der Waals surface area contributed by atoms with E-state index >= 15 is 0 Å². The van der Waals surface area contributed by atoms with Crippen molar-refractivity contribution in [3.8, 4) is 0 Å². The Kier molecular flexibility index (Phi) is 7.96. The van der Waals surface area contributed by atoms with E-state index in [0.29, 0.717) is 37.9 Å². The van der Waals surface area contributed by atoms with Crippen LogP contribution in [0.25, 0.3) is 0 Å². The van der Waals surface area contributed by atoms with E-state index < -0.39 is 0 Å². The molecule has 5 nitrogen and oxygen atoms in total. The number of nitrogens with zero attached hydrogens (tertiary/aromatic N) is 2. The van der Waals surface area contributed by atoms with Crippen LogP contribution in [0.15, 0.2) is 24.3 Å². The highest BCUT2D eigenvalue weighted by atomic mass is 16.2. The van der Waals surface area contributed by atoms with Gasteiger partial charge in [0.25, 0.3) is 0 Å². The molecule has 29 heavy (non-hydrogen) atoms. The minimum Gasteiger partial charge on any atom is -0.341 e. The lowest BCUT2D eigenvalue weighted by molar-refractivity contribution is -0.132. The fourth-order valence-corrected chi connectivity index (χ4v) is 4.66. The quantitative estimate of drug-likeness (QED) is 0.711. The molecule has 160 valence electrons. The number of benzene rings is 1. The van der Waals surface area contributed by atoms with Gasteiger partial charge in [0.05, 0.1) is 0 Å². The molecule has 1 N–H and O–H groups in total. The minimum atomic E-state index is -0.0653. The Morgan fingerprint density at radius 2 is 1.66 bits per heavy atom. The summed E-state index contributed by atoms with van der Waals surface area (Å²) in [4.78, 5) is 29.1. The van der Waals surface area contributed by atoms with E-state index in [2.05, 4.69) is 31.3 Å². The fourth-order valence-electron chi connectivity index (χ4n) is 4.66. The SMILES string of the molecule is CCCC(C)c1ccc(NC(=O)N2CCCN(C(=O)CC3CCCC3)CC2)cc1. The lowest BCUT2D eigenvalue weighted by Gasteiger charge is -2.23. The third-order valence-electron chi connectivity index (χ3n) is 6.53. The van der Waals surface area contributed by atoms with Crippen LogP contribution in [-0.4, -0.2) is 47.9 Å². The van der Waals surface area contributed by atoms with Crippen molar-refractivity contribution >= 4 is 17.6 Å². The van der Waals surface area contributed by atoms with Gasteiger partial charge in [0.15, 0.2) is 0 Å². The molecule has 1 heterocycles. The number of hydrogen-bond donors (Lipinski definition) is 1. The molecule has 3 amide bonds. The molecule has 0 radical (unpaired) electrons. The summed E-state index contributed by atoms with van der Waals surface area (Å²) in [6.07, 6.45) is 8.82. The van der Waals surface area contributed by atoms with E-state index in [4.69, 9.17) is 0 Å². The molecule has 0 bridgehead atoms. The van der Waals surface area contributed by atoms with Crippen LogP contribution in [-0.2, 0) is 4.79 Å². The van der Waals surface area contributed by atoms with Crippen LogP contribution in [0.1, 0.15) is 76.7 Å². The zero-order valence-corrected chi connectivity index (χ0v) is 18.2. The van der Waals surface area contributed by atoms with E-state index in [1.54, 1.807) is 0 Å². The highest BCUT2D eigenvalue weighted by Crippen LogP contribution is 2.28. The maximum Gasteiger partial charge on any atom is 0.321 e. The average Bonchev–Trinajstić information content (AvgIpc) is 3.09. The molecular formula is C24H37N3O2. The number of nitrogens with one attached hydrogen (secondary N) is 1. The highest BCUT2D eigenvalue weighted by molar-refractivity contribution is 5.89. The molecule has 5 heteroatoms. The molecule has 1 saturated carbocycles. The van der Waals surface area contributed by atoms with Crippen molar-refractivity contribution in [3.05, 3.63) is 29.8 Å². The number of rotatable bonds is 6. The molecule has 1 unspecified atom stereocenters. The number of urea groups is 1. The molecule has 1 aromatic rings.